The molecule has 1 saturated carbocycles. The number of rotatable bonds is 6. The van der Waals surface area contributed by atoms with Gasteiger partial charge in [-0.25, -0.2) is 0 Å². The topological polar surface area (TPSA) is 23.8 Å². The van der Waals surface area contributed by atoms with Crippen LogP contribution < -0.4 is 0 Å². The Morgan fingerprint density at radius 1 is 1.08 bits per heavy atom. The van der Waals surface area contributed by atoms with E-state index in [9.17, 15) is 17.6 Å². The van der Waals surface area contributed by atoms with Gasteiger partial charge in [-0.15, -0.1) is 0 Å². The van der Waals surface area contributed by atoms with E-state index in [1.54, 1.807) is 12.1 Å². The molecule has 0 N–H and O–H groups in total. The number of allylic oxidation sites excluding steroid dienone is 2. The van der Waals surface area contributed by atoms with Gasteiger partial charge in [-0.3, -0.25) is 0 Å². The molecule has 1 aromatic carbocycles. The highest BCUT2D eigenvalue weighted by Crippen LogP contribution is 2.33. The summed E-state index contributed by atoms with van der Waals surface area (Å²) in [6, 6.07) is 6.93. The molecular weight excluding hydrogens is 330 g/mol. The van der Waals surface area contributed by atoms with Crippen molar-refractivity contribution in [3.05, 3.63) is 47.3 Å². The highest BCUT2D eigenvalue weighted by atomic mass is 19.4. The number of unbranched alkanes of at least 4 members (excludes halogenated alkanes) is 1. The smallest absolute Gasteiger partial charge is 0.195 e. The fourth-order valence-corrected chi connectivity index (χ4v) is 3.51. The quantitative estimate of drug-likeness (QED) is 0.321. The van der Waals surface area contributed by atoms with Crippen LogP contribution in [0, 0.1) is 23.2 Å². The van der Waals surface area contributed by atoms with E-state index < -0.39 is 17.6 Å². The lowest BCUT2D eigenvalue weighted by Gasteiger charge is -2.26. The standard InChI is InChI=1S/C20H23F4N/c21-19(14-25)13-17-7-5-15(6-8-17)3-1-2-4-16-9-11-18(12-10-16)20(22,23)24/h9-13,15,17H,1-8H2. The van der Waals surface area contributed by atoms with Crippen molar-refractivity contribution in [1.29, 1.82) is 5.26 Å². The Morgan fingerprint density at radius 2 is 1.72 bits per heavy atom. The minimum Gasteiger partial charge on any atom is -0.195 e. The zero-order valence-corrected chi connectivity index (χ0v) is 14.2. The molecule has 0 amide bonds. The van der Waals surface area contributed by atoms with Gasteiger partial charge in [-0.2, -0.15) is 22.8 Å². The maximum absolute atomic E-state index is 13.0. The molecule has 25 heavy (non-hydrogen) atoms. The first-order chi connectivity index (χ1) is 11.9. The molecule has 0 aromatic heterocycles. The van der Waals surface area contributed by atoms with E-state index in [-0.39, 0.29) is 5.92 Å². The molecule has 2 rings (SSSR count). The Kier molecular flexibility index (Phi) is 7.04. The summed E-state index contributed by atoms with van der Waals surface area (Å²) in [7, 11) is 0. The summed E-state index contributed by atoms with van der Waals surface area (Å²) in [6.07, 6.45) is 5.07. The van der Waals surface area contributed by atoms with Crippen molar-refractivity contribution in [2.75, 3.05) is 0 Å². The molecule has 0 heterocycles. The second-order valence-electron chi connectivity index (χ2n) is 6.85. The molecule has 0 aliphatic heterocycles. The Hall–Kier alpha value is -1.83. The highest BCUT2D eigenvalue weighted by molar-refractivity contribution is 5.24. The van der Waals surface area contributed by atoms with Gasteiger partial charge in [0.15, 0.2) is 5.83 Å². The Labute approximate surface area is 146 Å². The summed E-state index contributed by atoms with van der Waals surface area (Å²) in [5, 5.41) is 8.46. The van der Waals surface area contributed by atoms with Crippen LogP contribution in [-0.2, 0) is 12.6 Å². The van der Waals surface area contributed by atoms with Crippen LogP contribution in [0.5, 0.6) is 0 Å². The van der Waals surface area contributed by atoms with Crippen molar-refractivity contribution in [2.24, 2.45) is 11.8 Å². The number of hydrogen-bond donors (Lipinski definition) is 0. The fraction of sp³-hybridized carbons (Fsp3) is 0.550. The monoisotopic (exact) mass is 353 g/mol. The molecule has 0 bridgehead atoms. The van der Waals surface area contributed by atoms with E-state index in [1.807, 2.05) is 0 Å². The summed E-state index contributed by atoms with van der Waals surface area (Å²) in [5.41, 5.74) is 0.337. The molecule has 1 aliphatic carbocycles. The van der Waals surface area contributed by atoms with Gasteiger partial charge in [-0.05, 0) is 74.1 Å². The third kappa shape index (κ3) is 6.53. The number of benzene rings is 1. The molecule has 1 fully saturated rings. The maximum atomic E-state index is 13.0. The summed E-state index contributed by atoms with van der Waals surface area (Å²) >= 11 is 0. The molecule has 1 nitrogen and oxygen atoms in total. The average molecular weight is 353 g/mol. The van der Waals surface area contributed by atoms with E-state index in [2.05, 4.69) is 0 Å². The molecule has 1 aliphatic rings. The number of nitriles is 1. The molecule has 0 spiro atoms. The maximum Gasteiger partial charge on any atom is 0.416 e. The molecule has 0 radical (unpaired) electrons. The Morgan fingerprint density at radius 3 is 2.28 bits per heavy atom. The molecule has 136 valence electrons. The summed E-state index contributed by atoms with van der Waals surface area (Å²) in [5.74, 6) is 0.144. The predicted octanol–water partition coefficient (Wildman–Crippen LogP) is 6.60. The van der Waals surface area contributed by atoms with E-state index in [4.69, 9.17) is 5.26 Å². The molecule has 0 atom stereocenters. The fourth-order valence-electron chi connectivity index (χ4n) is 3.51. The second-order valence-corrected chi connectivity index (χ2v) is 6.85. The Bertz CT molecular complexity index is 602. The van der Waals surface area contributed by atoms with Crippen molar-refractivity contribution >= 4 is 0 Å². The van der Waals surface area contributed by atoms with Crippen LogP contribution in [-0.4, -0.2) is 0 Å². The SMILES string of the molecule is N#CC(F)=CC1CCC(CCCCc2ccc(C(F)(F)F)cc2)CC1. The van der Waals surface area contributed by atoms with Crippen LogP contribution in [0.2, 0.25) is 0 Å². The molecule has 0 saturated heterocycles. The average Bonchev–Trinajstić information content (AvgIpc) is 2.59. The van der Waals surface area contributed by atoms with Gasteiger partial charge in [0.2, 0.25) is 0 Å². The predicted molar refractivity (Wildman–Crippen MR) is 89.3 cm³/mol. The van der Waals surface area contributed by atoms with Crippen molar-refractivity contribution in [3.63, 3.8) is 0 Å². The van der Waals surface area contributed by atoms with Crippen molar-refractivity contribution in [2.45, 2.75) is 57.5 Å². The van der Waals surface area contributed by atoms with E-state index in [1.165, 1.54) is 12.1 Å². The first-order valence-corrected chi connectivity index (χ1v) is 8.82. The first kappa shape index (κ1) is 19.5. The largest absolute Gasteiger partial charge is 0.416 e. The minimum absolute atomic E-state index is 0.183. The van der Waals surface area contributed by atoms with Gasteiger partial charge in [0, 0.05) is 0 Å². The highest BCUT2D eigenvalue weighted by Gasteiger charge is 2.29. The van der Waals surface area contributed by atoms with Crippen LogP contribution in [0.25, 0.3) is 0 Å². The number of alkyl halides is 3. The lowest BCUT2D eigenvalue weighted by molar-refractivity contribution is -0.137. The van der Waals surface area contributed by atoms with E-state index in [0.29, 0.717) is 5.92 Å². The number of aryl methyl sites for hydroxylation is 1. The van der Waals surface area contributed by atoms with Crippen LogP contribution in [0.1, 0.15) is 56.1 Å². The first-order valence-electron chi connectivity index (χ1n) is 8.82. The molecular formula is C20H23F4N. The zero-order valence-electron chi connectivity index (χ0n) is 14.2. The molecule has 0 unspecified atom stereocenters. The third-order valence-corrected chi connectivity index (χ3v) is 4.99. The van der Waals surface area contributed by atoms with Crippen molar-refractivity contribution < 1.29 is 17.6 Å². The molecule has 5 heteroatoms. The van der Waals surface area contributed by atoms with Gasteiger partial charge >= 0.3 is 6.18 Å². The number of halogens is 4. The molecule has 1 aromatic rings. The van der Waals surface area contributed by atoms with E-state index in [0.717, 1.165) is 69.1 Å². The van der Waals surface area contributed by atoms with Gasteiger partial charge in [0.1, 0.15) is 6.07 Å². The van der Waals surface area contributed by atoms with Gasteiger partial charge in [0.25, 0.3) is 0 Å². The summed E-state index contributed by atoms with van der Waals surface area (Å²) in [4.78, 5) is 0. The van der Waals surface area contributed by atoms with E-state index >= 15 is 0 Å². The minimum atomic E-state index is -4.28. The van der Waals surface area contributed by atoms with Gasteiger partial charge in [0.05, 0.1) is 5.56 Å². The zero-order chi connectivity index (χ0) is 18.3. The van der Waals surface area contributed by atoms with Crippen LogP contribution in [0.4, 0.5) is 17.6 Å². The van der Waals surface area contributed by atoms with Crippen LogP contribution in [0.15, 0.2) is 36.2 Å². The number of nitrogens with zero attached hydrogens (tertiary/aromatic N) is 1. The Balaban J connectivity index is 1.65. The second kappa shape index (κ2) is 9.03. The van der Waals surface area contributed by atoms with Crippen molar-refractivity contribution in [3.8, 4) is 6.07 Å². The van der Waals surface area contributed by atoms with Gasteiger partial charge in [-0.1, -0.05) is 25.0 Å². The summed E-state index contributed by atoms with van der Waals surface area (Å²) in [6.45, 7) is 0. The van der Waals surface area contributed by atoms with Crippen molar-refractivity contribution in [1.82, 2.24) is 0 Å². The lowest BCUT2D eigenvalue weighted by Crippen LogP contribution is -2.13. The van der Waals surface area contributed by atoms with Gasteiger partial charge < -0.3 is 0 Å². The normalized spacial score (nSPS) is 21.8. The van der Waals surface area contributed by atoms with Crippen LogP contribution in [0.3, 0.4) is 0 Å². The lowest BCUT2D eigenvalue weighted by atomic mass is 9.79. The van der Waals surface area contributed by atoms with Crippen LogP contribution >= 0.6 is 0 Å². The summed E-state index contributed by atoms with van der Waals surface area (Å²) < 4.78 is 50.5. The third-order valence-electron chi connectivity index (χ3n) is 4.99. The number of hydrogen-bond acceptors (Lipinski definition) is 1.